The van der Waals surface area contributed by atoms with Crippen LogP contribution in [0.4, 0.5) is 0 Å². The second kappa shape index (κ2) is 7.62. The van der Waals surface area contributed by atoms with Crippen LogP contribution in [0.25, 0.3) is 0 Å². The van der Waals surface area contributed by atoms with E-state index in [0.29, 0.717) is 25.9 Å². The molecule has 1 aliphatic heterocycles. The summed E-state index contributed by atoms with van der Waals surface area (Å²) in [4.78, 5) is 25.7. The lowest BCUT2D eigenvalue weighted by molar-refractivity contribution is -0.147. The molecule has 1 aromatic rings. The monoisotopic (exact) mass is 317 g/mol. The number of carboxylic acids is 1. The van der Waals surface area contributed by atoms with E-state index in [4.69, 9.17) is 0 Å². The molecule has 126 valence electrons. The van der Waals surface area contributed by atoms with Gasteiger partial charge in [0.1, 0.15) is 0 Å². The van der Waals surface area contributed by atoms with Crippen LogP contribution in [-0.4, -0.2) is 35.0 Å². The number of carboxylic acid groups (broad SMARTS) is 1. The molecular weight excluding hydrogens is 290 g/mol. The van der Waals surface area contributed by atoms with Crippen molar-refractivity contribution in [3.05, 3.63) is 35.4 Å². The zero-order valence-corrected chi connectivity index (χ0v) is 14.3. The molecule has 4 nitrogen and oxygen atoms in total. The zero-order valence-electron chi connectivity index (χ0n) is 14.3. The smallest absolute Gasteiger partial charge is 0.308 e. The molecule has 3 atom stereocenters. The molecule has 1 aromatic carbocycles. The van der Waals surface area contributed by atoms with E-state index in [9.17, 15) is 14.7 Å². The Balaban J connectivity index is 2.04. The Morgan fingerprint density at radius 2 is 1.91 bits per heavy atom. The fourth-order valence-electron chi connectivity index (χ4n) is 3.41. The molecule has 0 bridgehead atoms. The molecule has 1 amide bonds. The SMILES string of the molecule is CCC(CC(=O)N1CC(C)CC(C(=O)O)C1)c1ccc(C)cc1. The first-order chi connectivity index (χ1) is 10.9. The maximum Gasteiger partial charge on any atom is 0.308 e. The fraction of sp³-hybridized carbons (Fsp3) is 0.579. The molecule has 0 saturated carbocycles. The molecule has 2 rings (SSSR count). The third kappa shape index (κ3) is 4.57. The molecule has 3 unspecified atom stereocenters. The van der Waals surface area contributed by atoms with Gasteiger partial charge in [0.15, 0.2) is 0 Å². The van der Waals surface area contributed by atoms with Gasteiger partial charge in [-0.1, -0.05) is 43.7 Å². The van der Waals surface area contributed by atoms with Crippen LogP contribution in [-0.2, 0) is 9.59 Å². The van der Waals surface area contributed by atoms with Gasteiger partial charge in [-0.05, 0) is 37.2 Å². The second-order valence-corrected chi connectivity index (χ2v) is 6.89. The Labute approximate surface area is 138 Å². The maximum atomic E-state index is 12.7. The summed E-state index contributed by atoms with van der Waals surface area (Å²) in [6.45, 7) is 7.19. The van der Waals surface area contributed by atoms with Crippen LogP contribution < -0.4 is 0 Å². The lowest BCUT2D eigenvalue weighted by Crippen LogP contribution is -2.45. The van der Waals surface area contributed by atoms with Crippen molar-refractivity contribution in [3.8, 4) is 0 Å². The van der Waals surface area contributed by atoms with Gasteiger partial charge in [0.25, 0.3) is 0 Å². The quantitative estimate of drug-likeness (QED) is 0.905. The van der Waals surface area contributed by atoms with Crippen molar-refractivity contribution in [1.82, 2.24) is 4.90 Å². The number of piperidine rings is 1. The summed E-state index contributed by atoms with van der Waals surface area (Å²) in [7, 11) is 0. The van der Waals surface area contributed by atoms with E-state index in [0.717, 1.165) is 6.42 Å². The molecule has 1 saturated heterocycles. The highest BCUT2D eigenvalue weighted by molar-refractivity contribution is 5.78. The fourth-order valence-corrected chi connectivity index (χ4v) is 3.41. The number of rotatable bonds is 5. The molecule has 1 fully saturated rings. The minimum absolute atomic E-state index is 0.0789. The number of benzene rings is 1. The van der Waals surface area contributed by atoms with E-state index < -0.39 is 11.9 Å². The molecular formula is C19H27NO3. The summed E-state index contributed by atoms with van der Waals surface area (Å²) >= 11 is 0. The largest absolute Gasteiger partial charge is 0.481 e. The number of hydrogen-bond donors (Lipinski definition) is 1. The molecule has 1 aliphatic rings. The van der Waals surface area contributed by atoms with Crippen LogP contribution in [0.1, 0.15) is 50.2 Å². The van der Waals surface area contributed by atoms with E-state index in [2.05, 4.69) is 38.1 Å². The van der Waals surface area contributed by atoms with Crippen LogP contribution in [0.3, 0.4) is 0 Å². The summed E-state index contributed by atoms with van der Waals surface area (Å²) in [6, 6.07) is 8.34. The van der Waals surface area contributed by atoms with Crippen LogP contribution in [0.5, 0.6) is 0 Å². The lowest BCUT2D eigenvalue weighted by atomic mass is 9.88. The number of nitrogens with zero attached hydrogens (tertiary/aromatic N) is 1. The summed E-state index contributed by atoms with van der Waals surface area (Å²) in [5.74, 6) is -0.700. The summed E-state index contributed by atoms with van der Waals surface area (Å²) < 4.78 is 0. The average Bonchev–Trinajstić information content (AvgIpc) is 2.52. The summed E-state index contributed by atoms with van der Waals surface area (Å²) in [5.41, 5.74) is 2.40. The standard InChI is InChI=1S/C19H27NO3/c1-4-15(16-7-5-13(2)6-8-16)10-18(21)20-11-14(3)9-17(12-20)19(22)23/h5-8,14-15,17H,4,9-12H2,1-3H3,(H,22,23). The van der Waals surface area contributed by atoms with Gasteiger partial charge in [0, 0.05) is 19.5 Å². The van der Waals surface area contributed by atoms with Crippen molar-refractivity contribution in [2.75, 3.05) is 13.1 Å². The van der Waals surface area contributed by atoms with Crippen molar-refractivity contribution in [2.24, 2.45) is 11.8 Å². The van der Waals surface area contributed by atoms with Crippen molar-refractivity contribution < 1.29 is 14.7 Å². The molecule has 0 aromatic heterocycles. The number of hydrogen-bond acceptors (Lipinski definition) is 2. The van der Waals surface area contributed by atoms with Gasteiger partial charge < -0.3 is 10.0 Å². The van der Waals surface area contributed by atoms with E-state index in [1.54, 1.807) is 4.90 Å². The Morgan fingerprint density at radius 3 is 2.48 bits per heavy atom. The van der Waals surface area contributed by atoms with Gasteiger partial charge in [-0.15, -0.1) is 0 Å². The number of likely N-dealkylation sites (tertiary alicyclic amines) is 1. The minimum atomic E-state index is -0.792. The number of carbonyl (C=O) groups is 2. The zero-order chi connectivity index (χ0) is 17.0. The summed E-state index contributed by atoms with van der Waals surface area (Å²) in [6.07, 6.45) is 2.02. The van der Waals surface area contributed by atoms with Crippen LogP contribution >= 0.6 is 0 Å². The van der Waals surface area contributed by atoms with E-state index in [1.807, 2.05) is 6.92 Å². The molecule has 0 spiro atoms. The normalized spacial score (nSPS) is 22.7. The third-order valence-electron chi connectivity index (χ3n) is 4.82. The van der Waals surface area contributed by atoms with Crippen LogP contribution in [0.15, 0.2) is 24.3 Å². The third-order valence-corrected chi connectivity index (χ3v) is 4.82. The van der Waals surface area contributed by atoms with E-state index in [-0.39, 0.29) is 17.7 Å². The van der Waals surface area contributed by atoms with Gasteiger partial charge in [0.2, 0.25) is 5.91 Å². The van der Waals surface area contributed by atoms with Crippen molar-refractivity contribution in [3.63, 3.8) is 0 Å². The van der Waals surface area contributed by atoms with Crippen molar-refractivity contribution in [1.29, 1.82) is 0 Å². The molecule has 1 N–H and O–H groups in total. The highest BCUT2D eigenvalue weighted by atomic mass is 16.4. The van der Waals surface area contributed by atoms with Gasteiger partial charge in [-0.25, -0.2) is 0 Å². The van der Waals surface area contributed by atoms with Crippen molar-refractivity contribution in [2.45, 2.75) is 46.0 Å². The van der Waals surface area contributed by atoms with Gasteiger partial charge >= 0.3 is 5.97 Å². The average molecular weight is 317 g/mol. The van der Waals surface area contributed by atoms with Crippen molar-refractivity contribution >= 4 is 11.9 Å². The molecule has 4 heteroatoms. The Morgan fingerprint density at radius 1 is 1.26 bits per heavy atom. The number of carbonyl (C=O) groups excluding carboxylic acids is 1. The highest BCUT2D eigenvalue weighted by Gasteiger charge is 2.32. The lowest BCUT2D eigenvalue weighted by Gasteiger charge is -2.35. The predicted molar refractivity (Wildman–Crippen MR) is 90.3 cm³/mol. The van der Waals surface area contributed by atoms with Crippen LogP contribution in [0, 0.1) is 18.8 Å². The molecule has 0 aliphatic carbocycles. The first kappa shape index (κ1) is 17.5. The second-order valence-electron chi connectivity index (χ2n) is 6.89. The number of amides is 1. The van der Waals surface area contributed by atoms with E-state index >= 15 is 0 Å². The Bertz CT molecular complexity index is 552. The predicted octanol–water partition coefficient (Wildman–Crippen LogP) is 3.45. The first-order valence-electron chi connectivity index (χ1n) is 8.47. The number of aryl methyl sites for hydroxylation is 1. The van der Waals surface area contributed by atoms with Crippen LogP contribution in [0.2, 0.25) is 0 Å². The Hall–Kier alpha value is -1.84. The first-order valence-corrected chi connectivity index (χ1v) is 8.47. The highest BCUT2D eigenvalue weighted by Crippen LogP contribution is 2.27. The molecule has 1 heterocycles. The van der Waals surface area contributed by atoms with Gasteiger partial charge in [-0.3, -0.25) is 9.59 Å². The topological polar surface area (TPSA) is 57.6 Å². The molecule has 23 heavy (non-hydrogen) atoms. The van der Waals surface area contributed by atoms with Gasteiger partial charge in [-0.2, -0.15) is 0 Å². The maximum absolute atomic E-state index is 12.7. The summed E-state index contributed by atoms with van der Waals surface area (Å²) in [5, 5.41) is 9.25. The van der Waals surface area contributed by atoms with Gasteiger partial charge in [0.05, 0.1) is 5.92 Å². The van der Waals surface area contributed by atoms with E-state index in [1.165, 1.54) is 11.1 Å². The minimum Gasteiger partial charge on any atom is -0.481 e. The molecule has 0 radical (unpaired) electrons. The Kier molecular flexibility index (Phi) is 5.80. The number of aliphatic carboxylic acids is 1.